The standard InChI is InChI=1S/C17H15N3O/c1-19-11-4-6-16(19)17(21)20(2)12-3-5-14-7-9-15(13-18)10-8-14/h4,6-11H,12H2,1-2H3. The molecule has 0 aliphatic heterocycles. The zero-order valence-corrected chi connectivity index (χ0v) is 12.0. The van der Waals surface area contributed by atoms with Crippen molar-refractivity contribution >= 4 is 5.91 Å². The van der Waals surface area contributed by atoms with Gasteiger partial charge >= 0.3 is 0 Å². The summed E-state index contributed by atoms with van der Waals surface area (Å²) in [7, 11) is 3.56. The molecule has 1 aromatic carbocycles. The van der Waals surface area contributed by atoms with Crippen LogP contribution in [-0.2, 0) is 7.05 Å². The van der Waals surface area contributed by atoms with Crippen molar-refractivity contribution in [2.45, 2.75) is 0 Å². The minimum absolute atomic E-state index is 0.0587. The van der Waals surface area contributed by atoms with Gasteiger partial charge in [0, 0.05) is 25.9 Å². The van der Waals surface area contributed by atoms with E-state index >= 15 is 0 Å². The summed E-state index contributed by atoms with van der Waals surface area (Å²) in [6, 6.07) is 12.7. The average molecular weight is 277 g/mol. The highest BCUT2D eigenvalue weighted by Gasteiger charge is 2.12. The van der Waals surface area contributed by atoms with Gasteiger partial charge in [0.25, 0.3) is 5.91 Å². The lowest BCUT2D eigenvalue weighted by atomic mass is 10.1. The molecule has 0 radical (unpaired) electrons. The third kappa shape index (κ3) is 3.52. The fourth-order valence-corrected chi connectivity index (χ4v) is 1.84. The van der Waals surface area contributed by atoms with Crippen LogP contribution in [0.15, 0.2) is 42.6 Å². The summed E-state index contributed by atoms with van der Waals surface area (Å²) in [6.07, 6.45) is 1.84. The summed E-state index contributed by atoms with van der Waals surface area (Å²) in [5.41, 5.74) is 2.07. The molecule has 0 unspecified atom stereocenters. The molecular weight excluding hydrogens is 262 g/mol. The van der Waals surface area contributed by atoms with E-state index in [0.717, 1.165) is 5.56 Å². The van der Waals surface area contributed by atoms with Gasteiger partial charge in [-0.3, -0.25) is 4.79 Å². The zero-order chi connectivity index (χ0) is 15.2. The SMILES string of the molecule is CN(CC#Cc1ccc(C#N)cc1)C(=O)c1cccn1C. The topological polar surface area (TPSA) is 49.0 Å². The van der Waals surface area contributed by atoms with Crippen molar-refractivity contribution in [2.75, 3.05) is 13.6 Å². The first kappa shape index (κ1) is 14.4. The molecule has 2 rings (SSSR count). The van der Waals surface area contributed by atoms with Gasteiger partial charge < -0.3 is 9.47 Å². The summed E-state index contributed by atoms with van der Waals surface area (Å²) in [6.45, 7) is 0.351. The Morgan fingerprint density at radius 1 is 1.24 bits per heavy atom. The summed E-state index contributed by atoms with van der Waals surface area (Å²) in [5.74, 6) is 5.89. The zero-order valence-electron chi connectivity index (χ0n) is 12.0. The maximum Gasteiger partial charge on any atom is 0.270 e. The average Bonchev–Trinajstić information content (AvgIpc) is 2.93. The predicted molar refractivity (Wildman–Crippen MR) is 80.4 cm³/mol. The van der Waals surface area contributed by atoms with Gasteiger partial charge in [-0.1, -0.05) is 11.8 Å². The number of nitriles is 1. The number of nitrogens with zero attached hydrogens (tertiary/aromatic N) is 3. The largest absolute Gasteiger partial charge is 0.347 e. The van der Waals surface area contributed by atoms with Gasteiger partial charge in [-0.2, -0.15) is 5.26 Å². The number of hydrogen-bond acceptors (Lipinski definition) is 2. The first-order valence-electron chi connectivity index (χ1n) is 6.47. The Bertz CT molecular complexity index is 739. The Morgan fingerprint density at radius 2 is 1.90 bits per heavy atom. The first-order chi connectivity index (χ1) is 10.1. The van der Waals surface area contributed by atoms with Crippen molar-refractivity contribution in [3.05, 3.63) is 59.4 Å². The Balaban J connectivity index is 2.00. The second-order valence-corrected chi connectivity index (χ2v) is 4.66. The molecule has 0 aliphatic carbocycles. The van der Waals surface area contributed by atoms with E-state index in [9.17, 15) is 4.79 Å². The number of carbonyl (C=O) groups is 1. The summed E-state index contributed by atoms with van der Waals surface area (Å²) in [5, 5.41) is 8.72. The molecule has 4 heteroatoms. The van der Waals surface area contributed by atoms with Crippen LogP contribution in [0.25, 0.3) is 0 Å². The molecule has 0 atom stereocenters. The highest BCUT2D eigenvalue weighted by Crippen LogP contribution is 2.04. The molecule has 1 amide bonds. The van der Waals surface area contributed by atoms with E-state index in [1.807, 2.05) is 19.3 Å². The Hall–Kier alpha value is -2.98. The van der Waals surface area contributed by atoms with E-state index in [-0.39, 0.29) is 5.91 Å². The highest BCUT2D eigenvalue weighted by molar-refractivity contribution is 5.92. The summed E-state index contributed by atoms with van der Waals surface area (Å²) in [4.78, 5) is 13.7. The summed E-state index contributed by atoms with van der Waals surface area (Å²) < 4.78 is 1.78. The summed E-state index contributed by atoms with van der Waals surface area (Å²) >= 11 is 0. The maximum atomic E-state index is 12.2. The van der Waals surface area contributed by atoms with Gasteiger partial charge in [-0.15, -0.1) is 0 Å². The molecule has 0 saturated carbocycles. The highest BCUT2D eigenvalue weighted by atomic mass is 16.2. The van der Waals surface area contributed by atoms with Crippen molar-refractivity contribution in [1.82, 2.24) is 9.47 Å². The lowest BCUT2D eigenvalue weighted by Gasteiger charge is -2.14. The van der Waals surface area contributed by atoms with Crippen molar-refractivity contribution in [3.63, 3.8) is 0 Å². The second-order valence-electron chi connectivity index (χ2n) is 4.66. The normalized spacial score (nSPS) is 9.38. The van der Waals surface area contributed by atoms with E-state index in [2.05, 4.69) is 17.9 Å². The Labute approximate surface area is 124 Å². The van der Waals surface area contributed by atoms with E-state index < -0.39 is 0 Å². The fraction of sp³-hybridized carbons (Fsp3) is 0.176. The molecule has 21 heavy (non-hydrogen) atoms. The molecule has 1 heterocycles. The van der Waals surface area contributed by atoms with E-state index in [1.165, 1.54) is 0 Å². The van der Waals surface area contributed by atoms with Crippen molar-refractivity contribution < 1.29 is 4.79 Å². The second kappa shape index (κ2) is 6.45. The molecule has 4 nitrogen and oxygen atoms in total. The number of carbonyl (C=O) groups excluding carboxylic acids is 1. The van der Waals surface area contributed by atoms with Crippen LogP contribution in [0, 0.1) is 23.2 Å². The van der Waals surface area contributed by atoms with Crippen molar-refractivity contribution in [1.29, 1.82) is 5.26 Å². The minimum atomic E-state index is -0.0587. The third-order valence-electron chi connectivity index (χ3n) is 3.07. The molecule has 1 aromatic heterocycles. The number of hydrogen-bond donors (Lipinski definition) is 0. The van der Waals surface area contributed by atoms with Crippen LogP contribution >= 0.6 is 0 Å². The number of benzene rings is 1. The van der Waals surface area contributed by atoms with Gasteiger partial charge in [-0.25, -0.2) is 0 Å². The third-order valence-corrected chi connectivity index (χ3v) is 3.07. The van der Waals surface area contributed by atoms with Gasteiger partial charge in [-0.05, 0) is 36.4 Å². The van der Waals surface area contributed by atoms with Crippen LogP contribution in [0.5, 0.6) is 0 Å². The minimum Gasteiger partial charge on any atom is -0.347 e. The number of aryl methyl sites for hydroxylation is 1. The van der Waals surface area contributed by atoms with Gasteiger partial charge in [0.2, 0.25) is 0 Å². The lowest BCUT2D eigenvalue weighted by Crippen LogP contribution is -2.28. The van der Waals surface area contributed by atoms with Crippen LogP contribution in [0.1, 0.15) is 21.6 Å². The van der Waals surface area contributed by atoms with E-state index in [1.54, 1.807) is 46.8 Å². The molecular formula is C17H15N3O. The first-order valence-corrected chi connectivity index (χ1v) is 6.47. The quantitative estimate of drug-likeness (QED) is 0.789. The van der Waals surface area contributed by atoms with Crippen LogP contribution < -0.4 is 0 Å². The van der Waals surface area contributed by atoms with E-state index in [0.29, 0.717) is 17.8 Å². The molecule has 0 saturated heterocycles. The smallest absolute Gasteiger partial charge is 0.270 e. The molecule has 0 aliphatic rings. The predicted octanol–water partition coefficient (Wildman–Crippen LogP) is 2.02. The molecule has 0 N–H and O–H groups in total. The molecule has 0 fully saturated rings. The maximum absolute atomic E-state index is 12.2. The fourth-order valence-electron chi connectivity index (χ4n) is 1.84. The van der Waals surface area contributed by atoms with Gasteiger partial charge in [0.15, 0.2) is 0 Å². The molecule has 0 bridgehead atoms. The van der Waals surface area contributed by atoms with Crippen molar-refractivity contribution in [3.8, 4) is 17.9 Å². The monoisotopic (exact) mass is 277 g/mol. The van der Waals surface area contributed by atoms with Crippen LogP contribution in [0.3, 0.4) is 0 Å². The molecule has 2 aromatic rings. The van der Waals surface area contributed by atoms with E-state index in [4.69, 9.17) is 5.26 Å². The van der Waals surface area contributed by atoms with Gasteiger partial charge in [0.1, 0.15) is 5.69 Å². The number of rotatable bonds is 2. The van der Waals surface area contributed by atoms with Crippen molar-refractivity contribution in [2.24, 2.45) is 7.05 Å². The Kier molecular flexibility index (Phi) is 4.43. The number of aromatic nitrogens is 1. The lowest BCUT2D eigenvalue weighted by molar-refractivity contribution is 0.0803. The number of amides is 1. The van der Waals surface area contributed by atoms with Crippen LogP contribution in [0.2, 0.25) is 0 Å². The van der Waals surface area contributed by atoms with Gasteiger partial charge in [0.05, 0.1) is 18.2 Å². The van der Waals surface area contributed by atoms with Crippen LogP contribution in [0.4, 0.5) is 0 Å². The Morgan fingerprint density at radius 3 is 2.48 bits per heavy atom. The van der Waals surface area contributed by atoms with Crippen LogP contribution in [-0.4, -0.2) is 29.0 Å². The molecule has 104 valence electrons. The molecule has 0 spiro atoms.